The number of phenolic OH excluding ortho intramolecular Hbond substituents is 1. The van der Waals surface area contributed by atoms with E-state index in [-0.39, 0.29) is 68.3 Å². The van der Waals surface area contributed by atoms with E-state index in [0.29, 0.717) is 61.8 Å². The first-order chi connectivity index (χ1) is 32.5. The summed E-state index contributed by atoms with van der Waals surface area (Å²) in [5.41, 5.74) is 16.1. The average molecular weight is 958 g/mol. The number of nitrogens with one attached hydrogen (secondary N) is 4. The van der Waals surface area contributed by atoms with Gasteiger partial charge in [0.1, 0.15) is 17.3 Å². The largest absolute Gasteiger partial charge is 0.508 e. The zero-order valence-corrected chi connectivity index (χ0v) is 39.4. The van der Waals surface area contributed by atoms with Gasteiger partial charge in [0.05, 0.1) is 67.5 Å². The van der Waals surface area contributed by atoms with E-state index in [1.807, 2.05) is 24.1 Å². The molecule has 7 N–H and O–H groups in total. The van der Waals surface area contributed by atoms with Crippen LogP contribution in [-0.4, -0.2) is 139 Å². The number of benzene rings is 2. The van der Waals surface area contributed by atoms with Crippen molar-refractivity contribution in [3.8, 4) is 28.0 Å². The summed E-state index contributed by atoms with van der Waals surface area (Å²) in [6, 6.07) is 12.2. The van der Waals surface area contributed by atoms with E-state index in [2.05, 4.69) is 42.8 Å². The lowest BCUT2D eigenvalue weighted by atomic mass is 9.92. The number of carbonyl (C=O) groups is 3. The highest BCUT2D eigenvalue weighted by Gasteiger charge is 2.27. The van der Waals surface area contributed by atoms with E-state index in [4.69, 9.17) is 48.2 Å². The van der Waals surface area contributed by atoms with Crippen LogP contribution in [0.4, 0.5) is 5.82 Å². The highest BCUT2D eigenvalue weighted by Crippen LogP contribution is 2.40. The smallest absolute Gasteiger partial charge is 0.269 e. The number of fused-ring (bicyclic) bond motifs is 3. The summed E-state index contributed by atoms with van der Waals surface area (Å²) in [5.74, 6) is -0.109. The molecule has 0 aliphatic carbocycles. The Morgan fingerprint density at radius 2 is 1.49 bits per heavy atom. The molecular formula is C48H58Cl2N10O7. The van der Waals surface area contributed by atoms with Crippen LogP contribution in [0.3, 0.4) is 0 Å². The molecule has 356 valence electrons. The fraction of sp³-hybridized carbons (Fsp3) is 0.417. The zero-order chi connectivity index (χ0) is 47.3. The van der Waals surface area contributed by atoms with Crippen LogP contribution in [0, 0.1) is 0 Å². The SMILES string of the molecule is CCc1c(-c2ccc(C(=O)NCCNC(=O)CCOCCOCCOCCC(=O)NCCN3CCC(c4cc(Cl)c(Cl)c5[nH]c6c(c45)CN(C)CC6)=N3)nc2)cnc(N)c1-c1ccc(O)cc1. The molecule has 2 aliphatic heterocycles. The van der Waals surface area contributed by atoms with Gasteiger partial charge in [-0.3, -0.25) is 24.4 Å². The van der Waals surface area contributed by atoms with E-state index in [1.54, 1.807) is 42.7 Å². The third-order valence-electron chi connectivity index (χ3n) is 11.7. The molecule has 3 aromatic heterocycles. The first-order valence-corrected chi connectivity index (χ1v) is 23.4. The number of phenols is 1. The molecule has 0 fully saturated rings. The fourth-order valence-electron chi connectivity index (χ4n) is 8.22. The first kappa shape index (κ1) is 49.1. The van der Waals surface area contributed by atoms with Gasteiger partial charge in [-0.25, -0.2) is 4.98 Å². The molecule has 0 bridgehead atoms. The number of nitrogen functional groups attached to an aromatic ring is 1. The molecule has 0 spiro atoms. The Morgan fingerprint density at radius 1 is 0.821 bits per heavy atom. The topological polar surface area (TPSA) is 222 Å². The lowest BCUT2D eigenvalue weighted by Gasteiger charge is -2.22. The Labute approximate surface area is 399 Å². The number of anilines is 1. The molecule has 67 heavy (non-hydrogen) atoms. The van der Waals surface area contributed by atoms with Crippen molar-refractivity contribution in [2.24, 2.45) is 5.10 Å². The maximum atomic E-state index is 12.7. The molecule has 2 aliphatic rings. The van der Waals surface area contributed by atoms with Gasteiger partial charge in [0.25, 0.3) is 5.91 Å². The van der Waals surface area contributed by atoms with E-state index in [1.165, 1.54) is 11.3 Å². The number of hydrogen-bond acceptors (Lipinski definition) is 13. The lowest BCUT2D eigenvalue weighted by Crippen LogP contribution is -2.35. The Balaban J connectivity index is 0.692. The van der Waals surface area contributed by atoms with E-state index in [9.17, 15) is 19.5 Å². The average Bonchev–Trinajstić information content (AvgIpc) is 3.96. The number of halogens is 2. The molecule has 5 aromatic rings. The fourth-order valence-corrected chi connectivity index (χ4v) is 8.62. The summed E-state index contributed by atoms with van der Waals surface area (Å²) in [5, 5.41) is 27.2. The number of hydrazone groups is 1. The lowest BCUT2D eigenvalue weighted by molar-refractivity contribution is -0.123. The number of hydrogen-bond donors (Lipinski definition) is 6. The summed E-state index contributed by atoms with van der Waals surface area (Å²) >= 11 is 13.2. The number of aromatic nitrogens is 3. The monoisotopic (exact) mass is 956 g/mol. The second-order valence-electron chi connectivity index (χ2n) is 16.3. The van der Waals surface area contributed by atoms with Gasteiger partial charge in [0.15, 0.2) is 0 Å². The molecule has 7 rings (SSSR count). The number of ether oxygens (including phenoxy) is 3. The summed E-state index contributed by atoms with van der Waals surface area (Å²) < 4.78 is 16.6. The number of pyridine rings is 2. The summed E-state index contributed by atoms with van der Waals surface area (Å²) in [7, 11) is 2.12. The Kier molecular flexibility index (Phi) is 17.4. The van der Waals surface area contributed by atoms with Crippen molar-refractivity contribution in [3.05, 3.63) is 93.0 Å². The molecule has 0 saturated heterocycles. The third-order valence-corrected chi connectivity index (χ3v) is 12.4. The van der Waals surface area contributed by atoms with Crippen LogP contribution < -0.4 is 21.7 Å². The maximum Gasteiger partial charge on any atom is 0.269 e. The van der Waals surface area contributed by atoms with Gasteiger partial charge in [0, 0.05) is 111 Å². The Morgan fingerprint density at radius 3 is 2.18 bits per heavy atom. The summed E-state index contributed by atoms with van der Waals surface area (Å²) in [6.07, 6.45) is 6.11. The molecule has 5 heterocycles. The van der Waals surface area contributed by atoms with Crippen molar-refractivity contribution in [1.29, 1.82) is 0 Å². The quantitative estimate of drug-likeness (QED) is 0.0457. The van der Waals surface area contributed by atoms with E-state index < -0.39 is 0 Å². The van der Waals surface area contributed by atoms with Gasteiger partial charge < -0.3 is 50.9 Å². The normalized spacial score (nSPS) is 13.7. The minimum Gasteiger partial charge on any atom is -0.508 e. The molecule has 0 atom stereocenters. The van der Waals surface area contributed by atoms with Crippen molar-refractivity contribution in [2.75, 3.05) is 91.7 Å². The molecule has 2 aromatic carbocycles. The van der Waals surface area contributed by atoms with Gasteiger partial charge in [-0.1, -0.05) is 48.3 Å². The van der Waals surface area contributed by atoms with Gasteiger partial charge in [-0.2, -0.15) is 5.10 Å². The van der Waals surface area contributed by atoms with Crippen LogP contribution in [-0.2, 0) is 43.2 Å². The number of aromatic amines is 1. The van der Waals surface area contributed by atoms with Crippen LogP contribution in [0.25, 0.3) is 33.2 Å². The summed E-state index contributed by atoms with van der Waals surface area (Å²) in [4.78, 5) is 52.0. The van der Waals surface area contributed by atoms with Crippen molar-refractivity contribution in [1.82, 2.24) is 40.8 Å². The molecule has 19 heteroatoms. The summed E-state index contributed by atoms with van der Waals surface area (Å²) in [6.45, 7) is 7.97. The number of amides is 3. The Bertz CT molecular complexity index is 2550. The van der Waals surface area contributed by atoms with E-state index >= 15 is 0 Å². The highest BCUT2D eigenvalue weighted by molar-refractivity contribution is 6.46. The molecule has 0 radical (unpaired) electrons. The number of likely N-dealkylation sites (N-methyl/N-ethyl adjacent to an activating group) is 1. The molecule has 17 nitrogen and oxygen atoms in total. The van der Waals surface area contributed by atoms with Crippen molar-refractivity contribution in [3.63, 3.8) is 0 Å². The van der Waals surface area contributed by atoms with Gasteiger partial charge in [-0.05, 0) is 54.4 Å². The van der Waals surface area contributed by atoms with Crippen molar-refractivity contribution in [2.45, 2.75) is 45.6 Å². The van der Waals surface area contributed by atoms with Gasteiger partial charge in [-0.15, -0.1) is 0 Å². The van der Waals surface area contributed by atoms with Crippen LogP contribution in [0.5, 0.6) is 5.75 Å². The van der Waals surface area contributed by atoms with Crippen LogP contribution in [0.2, 0.25) is 10.0 Å². The van der Waals surface area contributed by atoms with Crippen molar-refractivity contribution >= 4 is 63.4 Å². The van der Waals surface area contributed by atoms with E-state index in [0.717, 1.165) is 82.5 Å². The van der Waals surface area contributed by atoms with Crippen molar-refractivity contribution < 1.29 is 33.7 Å². The predicted molar refractivity (Wildman–Crippen MR) is 259 cm³/mol. The second-order valence-corrected chi connectivity index (χ2v) is 17.1. The second kappa shape index (κ2) is 23.8. The zero-order valence-electron chi connectivity index (χ0n) is 37.9. The number of H-pyrrole nitrogens is 1. The molecule has 3 amide bonds. The van der Waals surface area contributed by atoms with Gasteiger partial charge in [0.2, 0.25) is 11.8 Å². The predicted octanol–water partition coefficient (Wildman–Crippen LogP) is 5.34. The standard InChI is InChI=1S/C48H58Cl2N10O7/c1-3-33-35(28-56-47(51)43(33)30-4-7-32(61)8-5-30)31-6-9-40(55-27-31)48(64)54-15-14-52-41(62)12-20-65-22-24-67-25-23-66-21-13-42(63)53-16-19-60-18-11-39(58-60)34-26-37(49)45(50)46-44(34)36-29-59(2)17-10-38(36)57-46/h4-9,26-28,57,61H,3,10-25,29H2,1-2H3,(H2,51,56)(H,52,62)(H,53,63)(H,54,64). The highest BCUT2D eigenvalue weighted by atomic mass is 35.5. The first-order valence-electron chi connectivity index (χ1n) is 22.6. The van der Waals surface area contributed by atoms with Crippen LogP contribution in [0.15, 0.2) is 60.0 Å². The van der Waals surface area contributed by atoms with Gasteiger partial charge >= 0.3 is 0 Å². The molecule has 0 unspecified atom stereocenters. The minimum absolute atomic E-state index is 0.0951. The number of nitrogens with two attached hydrogens (primary N) is 1. The number of nitrogens with zero attached hydrogens (tertiary/aromatic N) is 5. The number of rotatable bonds is 23. The van der Waals surface area contributed by atoms with Crippen LogP contribution >= 0.6 is 23.2 Å². The Hall–Kier alpha value is -5.82. The molecule has 0 saturated carbocycles. The molecular weight excluding hydrogens is 899 g/mol. The van der Waals surface area contributed by atoms with Crippen LogP contribution in [0.1, 0.15) is 59.1 Å². The number of aromatic hydroxyl groups is 1. The minimum atomic E-state index is -0.363. The number of carbonyl (C=O) groups excluding carboxylic acids is 3. The third kappa shape index (κ3) is 12.8. The maximum absolute atomic E-state index is 12.7.